The number of pyridine rings is 1. The van der Waals surface area contributed by atoms with Crippen molar-refractivity contribution in [1.29, 1.82) is 0 Å². The van der Waals surface area contributed by atoms with Crippen LogP contribution in [0.15, 0.2) is 53.3 Å². The zero-order valence-electron chi connectivity index (χ0n) is 26.1. The molecular weight excluding hydrogens is 402 g/mol. The highest BCUT2D eigenvalue weighted by atomic mass is 32.2. The quantitative estimate of drug-likeness (QED) is 0.540. The predicted octanol–water partition coefficient (Wildman–Crippen LogP) is 2.66. The Bertz CT molecular complexity index is 1210. The summed E-state index contributed by atoms with van der Waals surface area (Å²) in [7, 11) is -1.41. The fraction of sp³-hybridized carbons (Fsp3) is 0.455. The molecule has 2 aromatic heterocycles. The van der Waals surface area contributed by atoms with Crippen molar-refractivity contribution in [3.05, 3.63) is 60.2 Å². The number of amides is 1. The number of hydrogen-bond acceptors (Lipinski definition) is 6. The van der Waals surface area contributed by atoms with Crippen LogP contribution in [0.3, 0.4) is 0 Å². The van der Waals surface area contributed by atoms with Crippen LogP contribution in [0.4, 0.5) is 0 Å². The summed E-state index contributed by atoms with van der Waals surface area (Å²) in [5.41, 5.74) is 0.227. The maximum Gasteiger partial charge on any atom is 0.232 e. The molecule has 3 rings (SSSR count). The van der Waals surface area contributed by atoms with Gasteiger partial charge in [-0.05, 0) is 55.6 Å². The number of nitrogens with zero attached hydrogens (tertiary/aromatic N) is 2. The SMILES string of the molecule is [2H]C1([2H])N(Cc2ccnc(OC/C=C\CNC(=O)CS(=O)Cc3ccco3)c2)C([2H])([2H])C([2H])([2H])C([2H])([2H])C1([2H])[2H]. The van der Waals surface area contributed by atoms with E-state index in [1.165, 1.54) is 24.6 Å². The minimum atomic E-state index is -3.47. The van der Waals surface area contributed by atoms with Crippen LogP contribution in [0.5, 0.6) is 5.88 Å². The topological polar surface area (TPSA) is 84.7 Å². The highest BCUT2D eigenvalue weighted by Gasteiger charge is 2.11. The normalized spacial score (nSPS) is 29.2. The van der Waals surface area contributed by atoms with Gasteiger partial charge in [0.1, 0.15) is 18.1 Å². The van der Waals surface area contributed by atoms with E-state index in [2.05, 4.69) is 10.3 Å². The fourth-order valence-corrected chi connectivity index (χ4v) is 3.38. The third-order valence-corrected chi connectivity index (χ3v) is 4.92. The third kappa shape index (κ3) is 8.12. The number of likely N-dealkylation sites (tertiary alicyclic amines) is 1. The number of hydrogen-bond donors (Lipinski definition) is 1. The van der Waals surface area contributed by atoms with E-state index in [0.29, 0.717) is 10.7 Å². The van der Waals surface area contributed by atoms with Crippen LogP contribution in [-0.4, -0.2) is 51.9 Å². The van der Waals surface area contributed by atoms with E-state index >= 15 is 0 Å². The van der Waals surface area contributed by atoms with Crippen molar-refractivity contribution < 1.29 is 31.9 Å². The summed E-state index contributed by atoms with van der Waals surface area (Å²) < 4.78 is 103. The van der Waals surface area contributed by atoms with E-state index in [1.54, 1.807) is 24.3 Å². The fourth-order valence-electron chi connectivity index (χ4n) is 2.40. The van der Waals surface area contributed by atoms with E-state index in [9.17, 15) is 9.00 Å². The number of carbonyl (C=O) groups excluding carboxylic acids is 1. The summed E-state index contributed by atoms with van der Waals surface area (Å²) in [4.78, 5) is 16.3. The molecule has 0 aliphatic carbocycles. The van der Waals surface area contributed by atoms with E-state index in [4.69, 9.17) is 22.9 Å². The van der Waals surface area contributed by atoms with E-state index in [1.807, 2.05) is 0 Å². The van der Waals surface area contributed by atoms with Gasteiger partial charge in [-0.3, -0.25) is 13.9 Å². The summed E-state index contributed by atoms with van der Waals surface area (Å²) >= 11 is 0. The smallest absolute Gasteiger partial charge is 0.232 e. The van der Waals surface area contributed by atoms with E-state index < -0.39 is 55.4 Å². The Morgan fingerprint density at radius 1 is 1.33 bits per heavy atom. The zero-order chi connectivity index (χ0) is 30.0. The molecule has 0 radical (unpaired) electrons. The van der Waals surface area contributed by atoms with Gasteiger partial charge in [0.15, 0.2) is 0 Å². The molecule has 7 nitrogen and oxygen atoms in total. The molecule has 0 aromatic carbocycles. The summed E-state index contributed by atoms with van der Waals surface area (Å²) in [5, 5.41) is 2.60. The Balaban J connectivity index is 1.55. The van der Waals surface area contributed by atoms with Gasteiger partial charge in [-0.25, -0.2) is 4.98 Å². The first-order valence-corrected chi connectivity index (χ1v) is 10.6. The maximum atomic E-state index is 12.0. The van der Waals surface area contributed by atoms with Crippen LogP contribution in [0.2, 0.25) is 0 Å². The summed E-state index contributed by atoms with van der Waals surface area (Å²) in [6, 6.07) is 6.09. The lowest BCUT2D eigenvalue weighted by atomic mass is 10.1. The van der Waals surface area contributed by atoms with Crippen molar-refractivity contribution in [2.24, 2.45) is 0 Å². The molecular formula is C22H29N3O4S. The van der Waals surface area contributed by atoms with E-state index in [0.717, 1.165) is 0 Å². The van der Waals surface area contributed by atoms with Gasteiger partial charge in [0.2, 0.25) is 11.8 Å². The third-order valence-electron chi connectivity index (χ3n) is 3.73. The number of rotatable bonds is 11. The standard InChI is InChI=1S/C22H29N3O4S/c26-21(18-30(27)17-20-7-6-14-28-20)23-9-2-5-13-29-22-15-19(8-10-24-22)16-25-11-3-1-4-12-25/h2,5-8,10,14-15H,1,3-4,9,11-13,16-18H2,(H,23,26)/b5-2-/i1D2,3D2,4D2,11D2,12D2. The lowest BCUT2D eigenvalue weighted by Gasteiger charge is -2.26. The van der Waals surface area contributed by atoms with Crippen LogP contribution in [0.1, 0.15) is 44.2 Å². The van der Waals surface area contributed by atoms with Crippen molar-refractivity contribution >= 4 is 16.7 Å². The van der Waals surface area contributed by atoms with Crippen molar-refractivity contribution in [2.75, 3.05) is 31.9 Å². The number of aromatic nitrogens is 1. The second kappa shape index (κ2) is 12.3. The predicted molar refractivity (Wildman–Crippen MR) is 116 cm³/mol. The van der Waals surface area contributed by atoms with Crippen LogP contribution < -0.4 is 10.1 Å². The van der Waals surface area contributed by atoms with Crippen LogP contribution in [0.25, 0.3) is 0 Å². The average Bonchev–Trinajstić information content (AvgIpc) is 3.36. The van der Waals surface area contributed by atoms with Crippen molar-refractivity contribution in [1.82, 2.24) is 15.2 Å². The molecule has 0 spiro atoms. The molecule has 3 heterocycles. The highest BCUT2D eigenvalue weighted by Crippen LogP contribution is 2.15. The molecule has 1 unspecified atom stereocenters. The summed E-state index contributed by atoms with van der Waals surface area (Å²) in [6.45, 7) is -6.85. The van der Waals surface area contributed by atoms with Gasteiger partial charge in [-0.2, -0.15) is 0 Å². The monoisotopic (exact) mass is 441 g/mol. The molecule has 1 N–H and O–H groups in total. The largest absolute Gasteiger partial charge is 0.473 e. The molecule has 0 saturated carbocycles. The Hall–Kier alpha value is -2.45. The molecule has 2 aromatic rings. The first kappa shape index (κ1) is 12.4. The number of piperidine rings is 1. The molecule has 8 heteroatoms. The number of carbonyl (C=O) groups is 1. The molecule has 1 atom stereocenters. The lowest BCUT2D eigenvalue weighted by Crippen LogP contribution is -2.29. The number of nitrogens with one attached hydrogen (secondary N) is 1. The van der Waals surface area contributed by atoms with Crippen molar-refractivity contribution in [3.63, 3.8) is 0 Å². The second-order valence-electron chi connectivity index (χ2n) is 6.08. The van der Waals surface area contributed by atoms with Gasteiger partial charge in [0.05, 0.1) is 12.0 Å². The first-order chi connectivity index (χ1) is 18.4. The van der Waals surface area contributed by atoms with Crippen molar-refractivity contribution in [2.45, 2.75) is 31.4 Å². The Kier molecular flexibility index (Phi) is 5.09. The molecule has 162 valence electrons. The zero-order valence-corrected chi connectivity index (χ0v) is 16.9. The van der Waals surface area contributed by atoms with Gasteiger partial charge in [-0.15, -0.1) is 0 Å². The highest BCUT2D eigenvalue weighted by molar-refractivity contribution is 7.84. The molecule has 1 saturated heterocycles. The minimum absolute atomic E-state index is 0.0213. The molecule has 1 amide bonds. The van der Waals surface area contributed by atoms with Crippen molar-refractivity contribution in [3.8, 4) is 5.88 Å². The molecule has 30 heavy (non-hydrogen) atoms. The van der Waals surface area contributed by atoms with Crippen LogP contribution in [-0.2, 0) is 27.9 Å². The molecule has 1 aliphatic rings. The van der Waals surface area contributed by atoms with Gasteiger partial charge in [0.25, 0.3) is 0 Å². The van der Waals surface area contributed by atoms with Gasteiger partial charge < -0.3 is 14.5 Å². The second-order valence-corrected chi connectivity index (χ2v) is 7.54. The molecule has 1 fully saturated rings. The van der Waals surface area contributed by atoms with Gasteiger partial charge in [-0.1, -0.05) is 12.4 Å². The minimum Gasteiger partial charge on any atom is -0.473 e. The Labute approximate surface area is 194 Å². The number of ether oxygens (including phenoxy) is 1. The average molecular weight is 442 g/mol. The lowest BCUT2D eigenvalue weighted by molar-refractivity contribution is -0.118. The summed E-state index contributed by atoms with van der Waals surface area (Å²) in [5.74, 6) is 0.155. The summed E-state index contributed by atoms with van der Waals surface area (Å²) in [6.07, 6.45) is -4.31. The first-order valence-electron chi connectivity index (χ1n) is 14.1. The van der Waals surface area contributed by atoms with Gasteiger partial charge in [0, 0.05) is 49.9 Å². The van der Waals surface area contributed by atoms with Crippen LogP contribution in [0, 0.1) is 0 Å². The molecule has 1 aliphatic heterocycles. The van der Waals surface area contributed by atoms with Gasteiger partial charge >= 0.3 is 0 Å². The Morgan fingerprint density at radius 3 is 3.00 bits per heavy atom. The number of furan rings is 1. The molecule has 0 bridgehead atoms. The maximum absolute atomic E-state index is 12.0. The van der Waals surface area contributed by atoms with E-state index in [-0.39, 0.29) is 36.1 Å². The Morgan fingerprint density at radius 2 is 2.20 bits per heavy atom. The van der Waals surface area contributed by atoms with Crippen LogP contribution >= 0.6 is 0 Å².